The van der Waals surface area contributed by atoms with Crippen molar-refractivity contribution in [3.8, 4) is 0 Å². The Labute approximate surface area is 81.4 Å². The molecule has 0 amide bonds. The zero-order chi connectivity index (χ0) is 10.0. The summed E-state index contributed by atoms with van der Waals surface area (Å²) in [7, 11) is 4.00. The number of aryl methyl sites for hydroxylation is 3. The quantitative estimate of drug-likeness (QED) is 0.624. The van der Waals surface area contributed by atoms with Crippen LogP contribution in [0.2, 0.25) is 0 Å². The van der Waals surface area contributed by atoms with Crippen molar-refractivity contribution in [2.45, 2.75) is 20.8 Å². The fourth-order valence-electron chi connectivity index (χ4n) is 1.58. The van der Waals surface area contributed by atoms with E-state index < -0.39 is 0 Å². The van der Waals surface area contributed by atoms with Gasteiger partial charge in [-0.2, -0.15) is 0 Å². The maximum Gasteiger partial charge on any atom is 0.0963 e. The van der Waals surface area contributed by atoms with Gasteiger partial charge < -0.3 is 0 Å². The minimum absolute atomic E-state index is 1.22. The molecule has 1 aromatic carbocycles. The fraction of sp³-hybridized carbons (Fsp3) is 0.417. The third-order valence-corrected chi connectivity index (χ3v) is 2.01. The van der Waals surface area contributed by atoms with E-state index in [1.807, 2.05) is 19.0 Å². The van der Waals surface area contributed by atoms with Crippen LogP contribution in [0.5, 0.6) is 0 Å². The molecule has 1 aromatic rings. The first-order valence-corrected chi connectivity index (χ1v) is 4.52. The van der Waals surface area contributed by atoms with Crippen molar-refractivity contribution in [3.05, 3.63) is 40.9 Å². The van der Waals surface area contributed by atoms with Crippen molar-refractivity contribution in [2.75, 3.05) is 14.1 Å². The van der Waals surface area contributed by atoms with Crippen molar-refractivity contribution in [2.24, 2.45) is 0 Å². The average Bonchev–Trinajstić information content (AvgIpc) is 1.96. The molecular formula is C12H17N. The van der Waals surface area contributed by atoms with Gasteiger partial charge >= 0.3 is 0 Å². The number of rotatable bonds is 2. The Hall–Kier alpha value is -0.820. The maximum absolute atomic E-state index is 3.30. The molecule has 0 saturated heterocycles. The van der Waals surface area contributed by atoms with Crippen molar-refractivity contribution in [1.82, 2.24) is 4.90 Å². The van der Waals surface area contributed by atoms with Gasteiger partial charge in [0.25, 0.3) is 0 Å². The minimum Gasteiger partial charge on any atom is -0.296 e. The zero-order valence-electron chi connectivity index (χ0n) is 9.10. The molecule has 13 heavy (non-hydrogen) atoms. The van der Waals surface area contributed by atoms with Crippen LogP contribution in [0.3, 0.4) is 0 Å². The molecule has 0 atom stereocenters. The van der Waals surface area contributed by atoms with E-state index in [0.717, 1.165) is 0 Å². The summed E-state index contributed by atoms with van der Waals surface area (Å²) in [5.74, 6) is 0. The van der Waals surface area contributed by atoms with Crippen LogP contribution in [0.15, 0.2) is 12.1 Å². The predicted molar refractivity (Wildman–Crippen MR) is 56.7 cm³/mol. The van der Waals surface area contributed by atoms with E-state index in [1.54, 1.807) is 0 Å². The summed E-state index contributed by atoms with van der Waals surface area (Å²) < 4.78 is 0. The van der Waals surface area contributed by atoms with Crippen LogP contribution >= 0.6 is 0 Å². The van der Waals surface area contributed by atoms with E-state index in [0.29, 0.717) is 0 Å². The van der Waals surface area contributed by atoms with Gasteiger partial charge in [0.2, 0.25) is 0 Å². The van der Waals surface area contributed by atoms with Gasteiger partial charge in [0.15, 0.2) is 0 Å². The largest absolute Gasteiger partial charge is 0.296 e. The number of benzene rings is 1. The first kappa shape index (κ1) is 10.3. The van der Waals surface area contributed by atoms with Gasteiger partial charge in [-0.1, -0.05) is 17.7 Å². The highest BCUT2D eigenvalue weighted by Gasteiger charge is 2.05. The minimum atomic E-state index is 1.22. The molecule has 0 heterocycles. The molecule has 0 N–H and O–H groups in total. The maximum atomic E-state index is 3.30. The number of hydrogen-bond acceptors (Lipinski definition) is 1. The van der Waals surface area contributed by atoms with E-state index in [4.69, 9.17) is 0 Å². The summed E-state index contributed by atoms with van der Waals surface area (Å²) in [6.45, 7) is 9.69. The van der Waals surface area contributed by atoms with E-state index >= 15 is 0 Å². The second-order valence-electron chi connectivity index (χ2n) is 3.78. The van der Waals surface area contributed by atoms with Gasteiger partial charge in [0, 0.05) is 0 Å². The molecule has 0 spiro atoms. The zero-order valence-corrected chi connectivity index (χ0v) is 9.10. The van der Waals surface area contributed by atoms with Gasteiger partial charge in [-0.05, 0) is 51.6 Å². The van der Waals surface area contributed by atoms with Gasteiger partial charge in [0.05, 0.1) is 6.54 Å². The molecule has 1 rings (SSSR count). The lowest BCUT2D eigenvalue weighted by molar-refractivity contribution is 0.514. The summed E-state index contributed by atoms with van der Waals surface area (Å²) in [5, 5.41) is 0. The molecule has 0 aromatic heterocycles. The van der Waals surface area contributed by atoms with Crippen LogP contribution in [0.25, 0.3) is 0 Å². The third kappa shape index (κ3) is 2.56. The summed E-state index contributed by atoms with van der Waals surface area (Å²) in [6, 6.07) is 4.39. The van der Waals surface area contributed by atoms with E-state index in [-0.39, 0.29) is 0 Å². The van der Waals surface area contributed by atoms with Crippen molar-refractivity contribution in [3.63, 3.8) is 0 Å². The smallest absolute Gasteiger partial charge is 0.0963 e. The van der Waals surface area contributed by atoms with Crippen LogP contribution < -0.4 is 0 Å². The van der Waals surface area contributed by atoms with E-state index in [9.17, 15) is 0 Å². The number of nitrogens with zero attached hydrogens (tertiary/aromatic N) is 1. The van der Waals surface area contributed by atoms with Crippen LogP contribution in [0.1, 0.15) is 22.3 Å². The molecule has 0 aliphatic rings. The summed E-state index contributed by atoms with van der Waals surface area (Å²) in [5.41, 5.74) is 5.13. The molecule has 70 valence electrons. The van der Waals surface area contributed by atoms with Gasteiger partial charge in [-0.3, -0.25) is 4.90 Å². The molecule has 0 aliphatic carbocycles. The summed E-state index contributed by atoms with van der Waals surface area (Å²) in [6.07, 6.45) is 0. The van der Waals surface area contributed by atoms with Crippen LogP contribution in [0.4, 0.5) is 0 Å². The Bertz CT molecular complexity index is 277. The Kier molecular flexibility index (Phi) is 3.10. The predicted octanol–water partition coefficient (Wildman–Crippen LogP) is 2.56. The molecule has 0 unspecified atom stereocenters. The molecule has 0 saturated carbocycles. The summed E-state index contributed by atoms with van der Waals surface area (Å²) in [4.78, 5) is 1.96. The van der Waals surface area contributed by atoms with E-state index in [1.165, 1.54) is 22.3 Å². The molecule has 0 aliphatic heterocycles. The van der Waals surface area contributed by atoms with E-state index in [2.05, 4.69) is 39.4 Å². The molecule has 1 nitrogen and oxygen atoms in total. The lowest BCUT2D eigenvalue weighted by Crippen LogP contribution is -2.10. The monoisotopic (exact) mass is 175 g/mol. The Morgan fingerprint density at radius 3 is 1.85 bits per heavy atom. The van der Waals surface area contributed by atoms with Gasteiger partial charge in [-0.15, -0.1) is 0 Å². The first-order chi connectivity index (χ1) is 6.00. The van der Waals surface area contributed by atoms with Crippen LogP contribution in [-0.4, -0.2) is 19.0 Å². The number of hydrogen-bond donors (Lipinski definition) is 0. The van der Waals surface area contributed by atoms with Crippen molar-refractivity contribution >= 4 is 0 Å². The topological polar surface area (TPSA) is 3.24 Å². The lowest BCUT2D eigenvalue weighted by Gasteiger charge is -2.14. The average molecular weight is 175 g/mol. The lowest BCUT2D eigenvalue weighted by atomic mass is 10.00. The fourth-order valence-corrected chi connectivity index (χ4v) is 1.58. The molecule has 0 fully saturated rings. The van der Waals surface area contributed by atoms with Crippen LogP contribution in [0, 0.1) is 27.3 Å². The summed E-state index contributed by atoms with van der Waals surface area (Å²) >= 11 is 0. The highest BCUT2D eigenvalue weighted by atomic mass is 15.0. The second kappa shape index (κ2) is 3.93. The van der Waals surface area contributed by atoms with Crippen LogP contribution in [-0.2, 0) is 0 Å². The Morgan fingerprint density at radius 2 is 1.46 bits per heavy atom. The van der Waals surface area contributed by atoms with Crippen molar-refractivity contribution < 1.29 is 0 Å². The highest BCUT2D eigenvalue weighted by molar-refractivity contribution is 5.41. The Morgan fingerprint density at radius 1 is 1.00 bits per heavy atom. The Balaban J connectivity index is 3.06. The molecule has 1 heteroatoms. The second-order valence-corrected chi connectivity index (χ2v) is 3.78. The normalized spacial score (nSPS) is 10.9. The molecule has 0 bridgehead atoms. The molecule has 2 radical (unpaired) electrons. The van der Waals surface area contributed by atoms with Gasteiger partial charge in [0.1, 0.15) is 0 Å². The highest BCUT2D eigenvalue weighted by Crippen LogP contribution is 2.18. The standard InChI is InChI=1S/C12H17N/c1-9-6-10(2)12(8-13(4)5)11(3)7-9/h6-7H,1-5H3. The SMILES string of the molecule is Cc1cc(C)c([C]N(C)C)c(C)c1. The van der Waals surface area contributed by atoms with Crippen molar-refractivity contribution in [1.29, 1.82) is 0 Å². The van der Waals surface area contributed by atoms with Gasteiger partial charge in [-0.25, -0.2) is 0 Å². The third-order valence-electron chi connectivity index (χ3n) is 2.01. The molecular weight excluding hydrogens is 158 g/mol. The first-order valence-electron chi connectivity index (χ1n) is 4.52.